The molecule has 0 spiro atoms. The summed E-state index contributed by atoms with van der Waals surface area (Å²) < 4.78 is 0. The zero-order chi connectivity index (χ0) is 16.6. The van der Waals surface area contributed by atoms with Crippen molar-refractivity contribution in [3.8, 4) is 0 Å². The number of hydrogen-bond acceptors (Lipinski definition) is 3. The lowest BCUT2D eigenvalue weighted by atomic mass is 9.81. The van der Waals surface area contributed by atoms with Crippen LogP contribution in [0.4, 0.5) is 0 Å². The van der Waals surface area contributed by atoms with Crippen LogP contribution in [0.15, 0.2) is 0 Å². The van der Waals surface area contributed by atoms with Crippen LogP contribution in [0.2, 0.25) is 0 Å². The highest BCUT2D eigenvalue weighted by molar-refractivity contribution is 6.07. The maximum absolute atomic E-state index is 12.6. The average Bonchev–Trinajstić information content (AvgIpc) is 2.80. The van der Waals surface area contributed by atoms with Gasteiger partial charge in [0.2, 0.25) is 17.7 Å². The molecule has 4 atom stereocenters. The molecule has 1 saturated heterocycles. The molecule has 2 saturated carbocycles. The van der Waals surface area contributed by atoms with Crippen molar-refractivity contribution < 1.29 is 14.4 Å². The highest BCUT2D eigenvalue weighted by Gasteiger charge is 2.48. The third-order valence-corrected chi connectivity index (χ3v) is 6.18. The van der Waals surface area contributed by atoms with Gasteiger partial charge in [-0.05, 0) is 31.6 Å². The first-order chi connectivity index (χ1) is 11.0. The van der Waals surface area contributed by atoms with Crippen molar-refractivity contribution in [1.29, 1.82) is 0 Å². The van der Waals surface area contributed by atoms with Crippen LogP contribution in [-0.4, -0.2) is 47.2 Å². The maximum atomic E-state index is 12.6. The lowest BCUT2D eigenvalue weighted by Crippen LogP contribution is -2.48. The lowest BCUT2D eigenvalue weighted by molar-refractivity contribution is -0.147. The Kier molecular flexibility index (Phi) is 4.74. The molecule has 1 aliphatic heterocycles. The van der Waals surface area contributed by atoms with Gasteiger partial charge in [0.1, 0.15) is 6.54 Å². The molecule has 3 fully saturated rings. The van der Waals surface area contributed by atoms with Gasteiger partial charge in [-0.25, -0.2) is 0 Å². The van der Waals surface area contributed by atoms with Gasteiger partial charge >= 0.3 is 0 Å². The second kappa shape index (κ2) is 6.62. The summed E-state index contributed by atoms with van der Waals surface area (Å²) in [6.45, 7) is 2.12. The van der Waals surface area contributed by atoms with Gasteiger partial charge in [0.05, 0.1) is 11.8 Å². The molecule has 0 aromatic rings. The summed E-state index contributed by atoms with van der Waals surface area (Å²) in [5.41, 5.74) is 0. The molecule has 128 valence electrons. The minimum Gasteiger partial charge on any atom is -0.341 e. The van der Waals surface area contributed by atoms with E-state index in [1.807, 2.05) is 7.05 Å². The number of carbonyl (C=O) groups excluding carboxylic acids is 3. The summed E-state index contributed by atoms with van der Waals surface area (Å²) in [4.78, 5) is 40.6. The fourth-order valence-corrected chi connectivity index (χ4v) is 4.69. The minimum atomic E-state index is -0.164. The van der Waals surface area contributed by atoms with Gasteiger partial charge in [0, 0.05) is 13.1 Å². The van der Waals surface area contributed by atoms with E-state index in [4.69, 9.17) is 0 Å². The molecular weight excluding hydrogens is 292 g/mol. The van der Waals surface area contributed by atoms with E-state index >= 15 is 0 Å². The van der Waals surface area contributed by atoms with E-state index in [1.54, 1.807) is 4.90 Å². The number of carbonyl (C=O) groups is 3. The second-order valence-corrected chi connectivity index (χ2v) is 7.59. The van der Waals surface area contributed by atoms with Crippen molar-refractivity contribution in [2.75, 3.05) is 13.6 Å². The number of likely N-dealkylation sites (tertiary alicyclic amines) is 1. The van der Waals surface area contributed by atoms with Crippen LogP contribution in [0.25, 0.3) is 0 Å². The molecule has 0 bridgehead atoms. The largest absolute Gasteiger partial charge is 0.341 e. The molecule has 5 nitrogen and oxygen atoms in total. The monoisotopic (exact) mass is 320 g/mol. The number of imide groups is 1. The summed E-state index contributed by atoms with van der Waals surface area (Å²) in [5, 5.41) is 0. The van der Waals surface area contributed by atoms with E-state index in [0.717, 1.165) is 44.9 Å². The Hall–Kier alpha value is -1.39. The molecule has 3 amide bonds. The topological polar surface area (TPSA) is 57.7 Å². The number of amides is 3. The Labute approximate surface area is 138 Å². The van der Waals surface area contributed by atoms with Gasteiger partial charge in [-0.2, -0.15) is 0 Å². The summed E-state index contributed by atoms with van der Waals surface area (Å²) >= 11 is 0. The van der Waals surface area contributed by atoms with Crippen molar-refractivity contribution >= 4 is 17.7 Å². The number of hydrogen-bond donors (Lipinski definition) is 0. The molecule has 2 aliphatic carbocycles. The standard InChI is InChI=1S/C18H28N2O3/c1-12-7-3-6-10-15(12)19(2)16(21)11-20-17(22)13-8-4-5-9-14(13)18(20)23/h12-15H,3-11H2,1-2H3. The number of likely N-dealkylation sites (N-methyl/N-ethyl adjacent to an activating group) is 1. The van der Waals surface area contributed by atoms with Crippen molar-refractivity contribution in [2.24, 2.45) is 17.8 Å². The van der Waals surface area contributed by atoms with Crippen LogP contribution in [0.3, 0.4) is 0 Å². The highest BCUT2D eigenvalue weighted by atomic mass is 16.2. The van der Waals surface area contributed by atoms with E-state index < -0.39 is 0 Å². The summed E-state index contributed by atoms with van der Waals surface area (Å²) in [7, 11) is 1.83. The van der Waals surface area contributed by atoms with E-state index in [9.17, 15) is 14.4 Å². The first-order valence-corrected chi connectivity index (χ1v) is 9.11. The van der Waals surface area contributed by atoms with Gasteiger partial charge in [-0.3, -0.25) is 19.3 Å². The predicted molar refractivity (Wildman–Crippen MR) is 86.4 cm³/mol. The zero-order valence-corrected chi connectivity index (χ0v) is 14.3. The smallest absolute Gasteiger partial charge is 0.242 e. The highest BCUT2D eigenvalue weighted by Crippen LogP contribution is 2.38. The van der Waals surface area contributed by atoms with Crippen LogP contribution in [0, 0.1) is 17.8 Å². The Balaban J connectivity index is 1.65. The third kappa shape index (κ3) is 3.02. The Morgan fingerprint density at radius 1 is 1.00 bits per heavy atom. The van der Waals surface area contributed by atoms with E-state index in [0.29, 0.717) is 5.92 Å². The van der Waals surface area contributed by atoms with Gasteiger partial charge in [-0.1, -0.05) is 32.6 Å². The lowest BCUT2D eigenvalue weighted by Gasteiger charge is -2.36. The second-order valence-electron chi connectivity index (χ2n) is 7.59. The molecule has 3 rings (SSSR count). The molecule has 0 aromatic heterocycles. The third-order valence-electron chi connectivity index (χ3n) is 6.18. The van der Waals surface area contributed by atoms with Crippen molar-refractivity contribution in [3.63, 3.8) is 0 Å². The van der Waals surface area contributed by atoms with E-state index in [1.165, 1.54) is 11.3 Å². The number of fused-ring (bicyclic) bond motifs is 1. The zero-order valence-electron chi connectivity index (χ0n) is 14.3. The Morgan fingerprint density at radius 2 is 1.52 bits per heavy atom. The molecule has 5 heteroatoms. The van der Waals surface area contributed by atoms with Gasteiger partial charge in [0.25, 0.3) is 0 Å². The van der Waals surface area contributed by atoms with Crippen LogP contribution in [0.1, 0.15) is 58.3 Å². The molecule has 0 aromatic carbocycles. The molecule has 3 aliphatic rings. The maximum Gasteiger partial charge on any atom is 0.242 e. The molecule has 4 unspecified atom stereocenters. The van der Waals surface area contributed by atoms with Gasteiger partial charge in [-0.15, -0.1) is 0 Å². The van der Waals surface area contributed by atoms with Crippen LogP contribution < -0.4 is 0 Å². The minimum absolute atomic E-state index is 0.0651. The quantitative estimate of drug-likeness (QED) is 0.749. The van der Waals surface area contributed by atoms with E-state index in [-0.39, 0.29) is 42.1 Å². The van der Waals surface area contributed by atoms with Crippen LogP contribution >= 0.6 is 0 Å². The number of rotatable bonds is 3. The normalized spacial score (nSPS) is 34.4. The Morgan fingerprint density at radius 3 is 2.09 bits per heavy atom. The fraction of sp³-hybridized carbons (Fsp3) is 0.833. The van der Waals surface area contributed by atoms with Crippen molar-refractivity contribution in [2.45, 2.75) is 64.3 Å². The molecule has 0 N–H and O–H groups in total. The fourth-order valence-electron chi connectivity index (χ4n) is 4.69. The number of nitrogens with zero attached hydrogens (tertiary/aromatic N) is 2. The molecule has 1 heterocycles. The summed E-state index contributed by atoms with van der Waals surface area (Å²) in [5.74, 6) is -0.156. The van der Waals surface area contributed by atoms with Crippen molar-refractivity contribution in [1.82, 2.24) is 9.80 Å². The first-order valence-electron chi connectivity index (χ1n) is 9.11. The first kappa shape index (κ1) is 16.5. The summed E-state index contributed by atoms with van der Waals surface area (Å²) in [6, 6.07) is 0.242. The molecular formula is C18H28N2O3. The van der Waals surface area contributed by atoms with Crippen LogP contribution in [0.5, 0.6) is 0 Å². The summed E-state index contributed by atoms with van der Waals surface area (Å²) in [6.07, 6.45) is 8.18. The van der Waals surface area contributed by atoms with Gasteiger partial charge < -0.3 is 4.90 Å². The average molecular weight is 320 g/mol. The van der Waals surface area contributed by atoms with E-state index in [2.05, 4.69) is 6.92 Å². The molecule has 0 radical (unpaired) electrons. The van der Waals surface area contributed by atoms with Crippen molar-refractivity contribution in [3.05, 3.63) is 0 Å². The van der Waals surface area contributed by atoms with Gasteiger partial charge in [0.15, 0.2) is 0 Å². The Bertz CT molecular complexity index is 480. The predicted octanol–water partition coefficient (Wildman–Crippen LogP) is 2.20. The SMILES string of the molecule is CC1CCCCC1N(C)C(=O)CN1C(=O)C2CCCCC2C1=O. The van der Waals surface area contributed by atoms with Crippen LogP contribution in [-0.2, 0) is 14.4 Å². The molecule has 23 heavy (non-hydrogen) atoms.